The molecule has 2 N–H and O–H groups in total. The van der Waals surface area contributed by atoms with Crippen molar-refractivity contribution < 1.29 is 22.7 Å². The Morgan fingerprint density at radius 1 is 1.14 bits per heavy atom. The molecule has 0 radical (unpaired) electrons. The summed E-state index contributed by atoms with van der Waals surface area (Å²) in [5.74, 6) is -0.398. The molecule has 0 atom stereocenters. The Kier molecular flexibility index (Phi) is 6.79. The summed E-state index contributed by atoms with van der Waals surface area (Å²) in [4.78, 5) is 16.8. The zero-order valence-corrected chi connectivity index (χ0v) is 17.1. The van der Waals surface area contributed by atoms with Gasteiger partial charge in [0.25, 0.3) is 0 Å². The first kappa shape index (κ1) is 21.6. The molecule has 2 heterocycles. The molecule has 1 amide bonds. The van der Waals surface area contributed by atoms with Crippen LogP contribution in [0, 0.1) is 0 Å². The van der Waals surface area contributed by atoms with E-state index in [1.165, 1.54) is 12.3 Å². The minimum absolute atomic E-state index is 0.124. The molecule has 9 heteroatoms. The number of benzene rings is 1. The van der Waals surface area contributed by atoms with Crippen LogP contribution in [0.4, 0.5) is 19.0 Å². The number of amides is 1. The van der Waals surface area contributed by atoms with Gasteiger partial charge in [0.15, 0.2) is 0 Å². The van der Waals surface area contributed by atoms with Crippen molar-refractivity contribution in [2.24, 2.45) is 0 Å². The first-order valence-corrected chi connectivity index (χ1v) is 10.0. The molecule has 156 valence electrons. The number of hydrogen-bond donors (Lipinski definition) is 2. The van der Waals surface area contributed by atoms with Crippen LogP contribution in [0.25, 0.3) is 0 Å². The Labute approximate surface area is 175 Å². The Morgan fingerprint density at radius 3 is 2.48 bits per heavy atom. The predicted octanol–water partition coefficient (Wildman–Crippen LogP) is 4.14. The fraction of sp³-hybridized carbons (Fsp3) is 0.400. The largest absolute Gasteiger partial charge is 0.419 e. The van der Waals surface area contributed by atoms with Crippen molar-refractivity contribution >= 4 is 27.7 Å². The topological polar surface area (TPSA) is 63.2 Å². The summed E-state index contributed by atoms with van der Waals surface area (Å²) in [6, 6.07) is 9.82. The van der Waals surface area contributed by atoms with Crippen molar-refractivity contribution in [3.05, 3.63) is 58.2 Å². The van der Waals surface area contributed by atoms with E-state index in [1.54, 1.807) is 0 Å². The van der Waals surface area contributed by atoms with E-state index in [4.69, 9.17) is 4.74 Å². The van der Waals surface area contributed by atoms with Gasteiger partial charge in [0.2, 0.25) is 5.91 Å². The number of anilines is 1. The molecule has 0 unspecified atom stereocenters. The van der Waals surface area contributed by atoms with Gasteiger partial charge in [-0.2, -0.15) is 13.2 Å². The summed E-state index contributed by atoms with van der Waals surface area (Å²) in [6.45, 7) is 1.25. The number of rotatable bonds is 6. The van der Waals surface area contributed by atoms with Crippen molar-refractivity contribution in [1.82, 2.24) is 10.3 Å². The van der Waals surface area contributed by atoms with Gasteiger partial charge in [-0.25, -0.2) is 4.98 Å². The van der Waals surface area contributed by atoms with Crippen LogP contribution >= 0.6 is 15.9 Å². The van der Waals surface area contributed by atoms with Gasteiger partial charge in [0, 0.05) is 37.0 Å². The number of hydrogen-bond acceptors (Lipinski definition) is 4. The van der Waals surface area contributed by atoms with Crippen LogP contribution in [0.3, 0.4) is 0 Å². The van der Waals surface area contributed by atoms with E-state index < -0.39 is 17.2 Å². The predicted molar refractivity (Wildman–Crippen MR) is 107 cm³/mol. The summed E-state index contributed by atoms with van der Waals surface area (Å²) in [7, 11) is 0. The first-order valence-electron chi connectivity index (χ1n) is 9.21. The van der Waals surface area contributed by atoms with Crippen LogP contribution < -0.4 is 10.6 Å². The van der Waals surface area contributed by atoms with Crippen molar-refractivity contribution in [3.8, 4) is 0 Å². The molecular formula is C20H21BrF3N3O2. The van der Waals surface area contributed by atoms with E-state index >= 15 is 0 Å². The zero-order valence-electron chi connectivity index (χ0n) is 15.6. The molecule has 1 aliphatic rings. The van der Waals surface area contributed by atoms with E-state index in [-0.39, 0.29) is 24.8 Å². The summed E-state index contributed by atoms with van der Waals surface area (Å²) >= 11 is 3.40. The zero-order chi connectivity index (χ0) is 20.9. The van der Waals surface area contributed by atoms with Crippen molar-refractivity contribution in [2.75, 3.05) is 31.6 Å². The second kappa shape index (κ2) is 9.13. The van der Waals surface area contributed by atoms with Crippen LogP contribution in [-0.2, 0) is 21.1 Å². The number of carbonyl (C=O) groups is 1. The highest BCUT2D eigenvalue weighted by molar-refractivity contribution is 9.10. The number of ether oxygens (including phenoxy) is 1. The van der Waals surface area contributed by atoms with Crippen molar-refractivity contribution in [2.45, 2.75) is 24.4 Å². The van der Waals surface area contributed by atoms with Gasteiger partial charge >= 0.3 is 6.18 Å². The molecule has 0 spiro atoms. The van der Waals surface area contributed by atoms with Gasteiger partial charge < -0.3 is 15.4 Å². The molecule has 0 bridgehead atoms. The summed E-state index contributed by atoms with van der Waals surface area (Å²) in [5, 5.41) is 5.52. The Balaban J connectivity index is 1.64. The number of alkyl halides is 3. The van der Waals surface area contributed by atoms with Crippen LogP contribution in [-0.4, -0.2) is 37.2 Å². The molecule has 5 nitrogen and oxygen atoms in total. The van der Waals surface area contributed by atoms with Gasteiger partial charge in [-0.3, -0.25) is 4.79 Å². The summed E-state index contributed by atoms with van der Waals surface area (Å²) in [6.07, 6.45) is -2.10. The molecule has 0 aliphatic carbocycles. The molecule has 0 saturated carbocycles. The van der Waals surface area contributed by atoms with E-state index in [2.05, 4.69) is 31.5 Å². The maximum Gasteiger partial charge on any atom is 0.419 e. The van der Waals surface area contributed by atoms with E-state index in [9.17, 15) is 18.0 Å². The van der Waals surface area contributed by atoms with Gasteiger partial charge in [0.1, 0.15) is 5.82 Å². The Morgan fingerprint density at radius 2 is 1.83 bits per heavy atom. The fourth-order valence-corrected chi connectivity index (χ4v) is 3.70. The molecule has 1 fully saturated rings. The van der Waals surface area contributed by atoms with Gasteiger partial charge in [0.05, 0.1) is 11.0 Å². The smallest absolute Gasteiger partial charge is 0.381 e. The second-order valence-corrected chi connectivity index (χ2v) is 7.70. The lowest BCUT2D eigenvalue weighted by Crippen LogP contribution is -2.49. The average molecular weight is 472 g/mol. The molecule has 1 aromatic carbocycles. The molecule has 1 saturated heterocycles. The van der Waals surface area contributed by atoms with Crippen LogP contribution in [0.5, 0.6) is 0 Å². The van der Waals surface area contributed by atoms with E-state index in [0.29, 0.717) is 26.1 Å². The molecule has 1 aromatic heterocycles. The summed E-state index contributed by atoms with van der Waals surface area (Å²) < 4.78 is 45.4. The van der Waals surface area contributed by atoms with Crippen molar-refractivity contribution in [1.29, 1.82) is 0 Å². The minimum atomic E-state index is -4.49. The highest BCUT2D eigenvalue weighted by Crippen LogP contribution is 2.36. The maximum absolute atomic E-state index is 13.0. The first-order chi connectivity index (χ1) is 13.8. The number of halogens is 4. The standard InChI is InChI=1S/C20H21BrF3N3O2/c21-15-5-3-14(4-6-15)19(7-12-29-13-8-19)18(28)27-11-10-26-17-16(20(22,23)24)2-1-9-25-17/h1-6,9H,7-8,10-13H2,(H,25,26)(H,27,28). The van der Waals surface area contributed by atoms with Crippen LogP contribution in [0.15, 0.2) is 47.1 Å². The molecule has 2 aromatic rings. The van der Waals surface area contributed by atoms with Crippen LogP contribution in [0.2, 0.25) is 0 Å². The number of aromatic nitrogens is 1. The second-order valence-electron chi connectivity index (χ2n) is 6.78. The van der Waals surface area contributed by atoms with Gasteiger partial charge in [-0.1, -0.05) is 28.1 Å². The van der Waals surface area contributed by atoms with E-state index in [1.807, 2.05) is 24.3 Å². The third-order valence-corrected chi connectivity index (χ3v) is 5.52. The number of nitrogens with one attached hydrogen (secondary N) is 2. The molecule has 3 rings (SSSR count). The van der Waals surface area contributed by atoms with Gasteiger partial charge in [-0.15, -0.1) is 0 Å². The fourth-order valence-electron chi connectivity index (χ4n) is 3.44. The lowest BCUT2D eigenvalue weighted by atomic mass is 9.73. The number of nitrogens with zero attached hydrogens (tertiary/aromatic N) is 1. The molecule has 1 aliphatic heterocycles. The third kappa shape index (κ3) is 5.08. The molecular weight excluding hydrogens is 451 g/mol. The SMILES string of the molecule is O=C(NCCNc1ncccc1C(F)(F)F)C1(c2ccc(Br)cc2)CCOCC1. The monoisotopic (exact) mass is 471 g/mol. The lowest BCUT2D eigenvalue weighted by molar-refractivity contribution is -0.137. The third-order valence-electron chi connectivity index (χ3n) is 4.99. The quantitative estimate of drug-likeness (QED) is 0.621. The number of pyridine rings is 1. The highest BCUT2D eigenvalue weighted by Gasteiger charge is 2.41. The Bertz CT molecular complexity index is 838. The van der Waals surface area contributed by atoms with E-state index in [0.717, 1.165) is 16.1 Å². The average Bonchev–Trinajstić information content (AvgIpc) is 2.71. The Hall–Kier alpha value is -2.13. The molecule has 29 heavy (non-hydrogen) atoms. The summed E-state index contributed by atoms with van der Waals surface area (Å²) in [5.41, 5.74) is -0.637. The highest BCUT2D eigenvalue weighted by atomic mass is 79.9. The number of carbonyl (C=O) groups excluding carboxylic acids is 1. The normalized spacial score (nSPS) is 16.3. The lowest BCUT2D eigenvalue weighted by Gasteiger charge is -2.36. The minimum Gasteiger partial charge on any atom is -0.381 e. The van der Waals surface area contributed by atoms with Gasteiger partial charge in [-0.05, 0) is 42.7 Å². The van der Waals surface area contributed by atoms with Crippen LogP contribution in [0.1, 0.15) is 24.0 Å². The maximum atomic E-state index is 13.0. The van der Waals surface area contributed by atoms with Crippen molar-refractivity contribution in [3.63, 3.8) is 0 Å².